The molecule has 3 aromatic rings. The number of carbonyl (C=O) groups is 1. The Labute approximate surface area is 171 Å². The van der Waals surface area contributed by atoms with Gasteiger partial charge in [-0.25, -0.2) is 9.78 Å². The topological polar surface area (TPSA) is 90.9 Å². The number of aromatic nitrogens is 4. The summed E-state index contributed by atoms with van der Waals surface area (Å²) in [6.45, 7) is -0.116. The second-order valence-corrected chi connectivity index (χ2v) is 7.32. The molecule has 0 aliphatic carbocycles. The van der Waals surface area contributed by atoms with Crippen LogP contribution < -0.4 is 16.6 Å². The van der Waals surface area contributed by atoms with Crippen LogP contribution in [0.4, 0.5) is 0 Å². The Hall–Kier alpha value is -2.10. The molecule has 2 aromatic heterocycles. The van der Waals surface area contributed by atoms with Crippen molar-refractivity contribution in [3.05, 3.63) is 59.4 Å². The summed E-state index contributed by atoms with van der Waals surface area (Å²) in [4.78, 5) is 41.7. The maximum absolute atomic E-state index is 13.0. The van der Waals surface area contributed by atoms with Gasteiger partial charge in [-0.1, -0.05) is 29.3 Å². The largest absolute Gasteiger partial charge is 0.358 e. The van der Waals surface area contributed by atoms with Crippen molar-refractivity contribution < 1.29 is 4.79 Å². The molecule has 0 unspecified atom stereocenters. The third-order valence-corrected chi connectivity index (χ3v) is 5.44. The number of nitrogens with zero attached hydrogens (tertiary/aromatic N) is 4. The zero-order chi connectivity index (χ0) is 19.9. The van der Waals surface area contributed by atoms with E-state index in [2.05, 4.69) is 26.2 Å². The molecule has 0 spiro atoms. The van der Waals surface area contributed by atoms with E-state index in [9.17, 15) is 14.4 Å². The molecule has 142 valence electrons. The van der Waals surface area contributed by atoms with Crippen LogP contribution in [0.1, 0.15) is 5.56 Å². The zero-order valence-corrected chi connectivity index (χ0v) is 17.4. The fraction of sp³-hybridized carbons (Fsp3) is 0.250. The number of nitrogens with one attached hydrogen (secondary N) is 1. The molecule has 0 fully saturated rings. The molecule has 0 saturated heterocycles. The average Bonchev–Trinajstić information content (AvgIpc) is 2.96. The van der Waals surface area contributed by atoms with Crippen LogP contribution in [0.2, 0.25) is 10.0 Å². The second kappa shape index (κ2) is 7.49. The van der Waals surface area contributed by atoms with Crippen molar-refractivity contribution in [3.8, 4) is 0 Å². The van der Waals surface area contributed by atoms with Crippen LogP contribution in [0.15, 0.2) is 32.5 Å². The number of aryl methyl sites for hydroxylation is 1. The number of carbonyl (C=O) groups excluding carboxylic acids is 1. The Balaban J connectivity index is 2.23. The maximum Gasteiger partial charge on any atom is 0.332 e. The predicted octanol–water partition coefficient (Wildman–Crippen LogP) is 1.76. The summed E-state index contributed by atoms with van der Waals surface area (Å²) >= 11 is 15.2. The minimum absolute atomic E-state index is 0.00110. The summed E-state index contributed by atoms with van der Waals surface area (Å²) in [6, 6.07) is 4.87. The molecule has 1 amide bonds. The highest BCUT2D eigenvalue weighted by molar-refractivity contribution is 9.10. The van der Waals surface area contributed by atoms with Gasteiger partial charge in [-0.2, -0.15) is 0 Å². The zero-order valence-electron chi connectivity index (χ0n) is 14.3. The first kappa shape index (κ1) is 19.7. The SMILES string of the molecule is CNC(=O)Cn1c(Br)nc2c1c(=O)n(Cc1ccc(Cl)c(Cl)c1)c(=O)n2C. The molecule has 2 heterocycles. The second-order valence-electron chi connectivity index (χ2n) is 5.79. The third kappa shape index (κ3) is 3.54. The van der Waals surface area contributed by atoms with E-state index in [1.165, 1.54) is 23.2 Å². The number of amides is 1. The molecular weight excluding hydrogens is 461 g/mol. The van der Waals surface area contributed by atoms with E-state index in [-0.39, 0.29) is 34.9 Å². The monoisotopic (exact) mass is 473 g/mol. The molecule has 0 aliphatic rings. The molecule has 8 nitrogen and oxygen atoms in total. The highest BCUT2D eigenvalue weighted by Crippen LogP contribution is 2.23. The first-order valence-corrected chi connectivity index (χ1v) is 9.29. The Morgan fingerprint density at radius 3 is 2.56 bits per heavy atom. The van der Waals surface area contributed by atoms with Crippen molar-refractivity contribution in [2.24, 2.45) is 7.05 Å². The van der Waals surface area contributed by atoms with E-state index in [4.69, 9.17) is 23.2 Å². The molecule has 0 aliphatic heterocycles. The highest BCUT2D eigenvalue weighted by Gasteiger charge is 2.20. The molecule has 27 heavy (non-hydrogen) atoms. The summed E-state index contributed by atoms with van der Waals surface area (Å²) in [6.07, 6.45) is 0. The molecule has 1 aromatic carbocycles. The summed E-state index contributed by atoms with van der Waals surface area (Å²) in [5, 5.41) is 3.20. The Kier molecular flexibility index (Phi) is 5.45. The van der Waals surface area contributed by atoms with Crippen molar-refractivity contribution >= 4 is 56.2 Å². The molecule has 0 atom stereocenters. The molecule has 0 radical (unpaired) electrons. The summed E-state index contributed by atoms with van der Waals surface area (Å²) in [5.41, 5.74) is -0.116. The van der Waals surface area contributed by atoms with Crippen LogP contribution in [-0.2, 0) is 24.9 Å². The predicted molar refractivity (Wildman–Crippen MR) is 107 cm³/mol. The molecule has 0 bridgehead atoms. The van der Waals surface area contributed by atoms with Gasteiger partial charge in [-0.3, -0.25) is 18.7 Å². The number of hydrogen-bond donors (Lipinski definition) is 1. The van der Waals surface area contributed by atoms with Crippen LogP contribution in [0, 0.1) is 0 Å². The minimum Gasteiger partial charge on any atom is -0.358 e. The Morgan fingerprint density at radius 2 is 1.93 bits per heavy atom. The third-order valence-electron chi connectivity index (χ3n) is 4.09. The average molecular weight is 475 g/mol. The standard InChI is InChI=1S/C16H14BrCl2N5O3/c1-20-11(25)7-23-12-13(21-15(23)17)22(2)16(27)24(14(12)26)6-8-3-4-9(18)10(19)5-8/h3-5H,6-7H2,1-2H3,(H,20,25). The van der Waals surface area contributed by atoms with Crippen molar-refractivity contribution in [1.82, 2.24) is 24.0 Å². The molecule has 1 N–H and O–H groups in total. The fourth-order valence-electron chi connectivity index (χ4n) is 2.67. The van der Waals surface area contributed by atoms with Crippen molar-refractivity contribution in [3.63, 3.8) is 0 Å². The van der Waals surface area contributed by atoms with Gasteiger partial charge < -0.3 is 9.88 Å². The van der Waals surface area contributed by atoms with E-state index < -0.39 is 11.2 Å². The number of hydrogen-bond acceptors (Lipinski definition) is 4. The van der Waals surface area contributed by atoms with Gasteiger partial charge in [0, 0.05) is 14.1 Å². The first-order chi connectivity index (χ1) is 12.7. The van der Waals surface area contributed by atoms with Gasteiger partial charge >= 0.3 is 5.69 Å². The van der Waals surface area contributed by atoms with Crippen LogP contribution in [0.25, 0.3) is 11.2 Å². The first-order valence-electron chi connectivity index (χ1n) is 7.74. The number of rotatable bonds is 4. The van der Waals surface area contributed by atoms with E-state index in [1.54, 1.807) is 18.2 Å². The number of imidazole rings is 1. The van der Waals surface area contributed by atoms with E-state index in [0.29, 0.717) is 15.6 Å². The number of halogens is 3. The lowest BCUT2D eigenvalue weighted by molar-refractivity contribution is -0.121. The maximum atomic E-state index is 13.0. The van der Waals surface area contributed by atoms with Gasteiger partial charge in [0.25, 0.3) is 5.56 Å². The van der Waals surface area contributed by atoms with Gasteiger partial charge in [0.15, 0.2) is 15.9 Å². The van der Waals surface area contributed by atoms with E-state index in [1.807, 2.05) is 0 Å². The lowest BCUT2D eigenvalue weighted by Gasteiger charge is -2.10. The lowest BCUT2D eigenvalue weighted by atomic mass is 10.2. The summed E-state index contributed by atoms with van der Waals surface area (Å²) in [7, 11) is 3.01. The minimum atomic E-state index is -0.554. The molecule has 0 saturated carbocycles. The van der Waals surface area contributed by atoms with Crippen LogP contribution >= 0.6 is 39.1 Å². The number of fused-ring (bicyclic) bond motifs is 1. The lowest BCUT2D eigenvalue weighted by Crippen LogP contribution is -2.40. The van der Waals surface area contributed by atoms with Gasteiger partial charge in [0.2, 0.25) is 5.91 Å². The van der Waals surface area contributed by atoms with Crippen LogP contribution in [0.5, 0.6) is 0 Å². The van der Waals surface area contributed by atoms with Gasteiger partial charge in [0.1, 0.15) is 6.54 Å². The summed E-state index contributed by atoms with van der Waals surface area (Å²) in [5.74, 6) is -0.306. The van der Waals surface area contributed by atoms with Gasteiger partial charge in [0.05, 0.1) is 16.6 Å². The van der Waals surface area contributed by atoms with Crippen LogP contribution in [-0.4, -0.2) is 31.6 Å². The quantitative estimate of drug-likeness (QED) is 0.583. The van der Waals surface area contributed by atoms with Crippen molar-refractivity contribution in [2.45, 2.75) is 13.1 Å². The normalized spacial score (nSPS) is 11.1. The summed E-state index contributed by atoms with van der Waals surface area (Å²) < 4.78 is 4.03. The van der Waals surface area contributed by atoms with Crippen LogP contribution in [0.3, 0.4) is 0 Å². The molecule has 11 heteroatoms. The Morgan fingerprint density at radius 1 is 1.22 bits per heavy atom. The van der Waals surface area contributed by atoms with Crippen molar-refractivity contribution in [2.75, 3.05) is 7.05 Å². The van der Waals surface area contributed by atoms with Gasteiger partial charge in [-0.05, 0) is 33.6 Å². The Bertz CT molecular complexity index is 1180. The highest BCUT2D eigenvalue weighted by atomic mass is 79.9. The number of benzene rings is 1. The van der Waals surface area contributed by atoms with E-state index >= 15 is 0 Å². The number of likely N-dealkylation sites (N-methyl/N-ethyl adjacent to an activating group) is 1. The van der Waals surface area contributed by atoms with E-state index in [0.717, 1.165) is 4.57 Å². The fourth-order valence-corrected chi connectivity index (χ4v) is 3.46. The smallest absolute Gasteiger partial charge is 0.332 e. The van der Waals surface area contributed by atoms with Crippen molar-refractivity contribution in [1.29, 1.82) is 0 Å². The molecule has 3 rings (SSSR count). The van der Waals surface area contributed by atoms with Gasteiger partial charge in [-0.15, -0.1) is 0 Å². The molecular formula is C16H14BrCl2N5O3.